The number of nitrogens with one attached hydrogen (secondary N) is 1. The molecule has 364 valence electrons. The van der Waals surface area contributed by atoms with Gasteiger partial charge in [-0.3, -0.25) is 4.79 Å². The number of hydrogen-bond donors (Lipinski definition) is 1. The van der Waals surface area contributed by atoms with E-state index in [9.17, 15) is 4.79 Å². The third kappa shape index (κ3) is 12.9. The number of amides is 1. The van der Waals surface area contributed by atoms with Gasteiger partial charge >= 0.3 is 0 Å². The first kappa shape index (κ1) is 52.9. The van der Waals surface area contributed by atoms with Crippen molar-refractivity contribution in [2.45, 2.75) is 144 Å². The summed E-state index contributed by atoms with van der Waals surface area (Å²) < 4.78 is 31.8. The Bertz CT molecular complexity index is 2290. The molecule has 0 spiro atoms. The minimum Gasteiger partial charge on any atom is -0.372 e. The minimum absolute atomic E-state index is 0.0555. The van der Waals surface area contributed by atoms with Gasteiger partial charge in [0.1, 0.15) is 23.5 Å². The van der Waals surface area contributed by atoms with Gasteiger partial charge in [0.2, 0.25) is 5.91 Å². The van der Waals surface area contributed by atoms with E-state index in [0.717, 1.165) is 107 Å². The van der Waals surface area contributed by atoms with Gasteiger partial charge in [-0.25, -0.2) is 18.7 Å². The maximum Gasteiger partial charge on any atom is 0.219 e. The van der Waals surface area contributed by atoms with Crippen LogP contribution in [0.25, 0.3) is 27.7 Å². The zero-order valence-corrected chi connectivity index (χ0v) is 42.4. The summed E-state index contributed by atoms with van der Waals surface area (Å²) in [5, 5.41) is 3.40. The second-order valence-electron chi connectivity index (χ2n) is 18.1. The summed E-state index contributed by atoms with van der Waals surface area (Å²) >= 11 is 0. The molecule has 3 aliphatic rings. The van der Waals surface area contributed by atoms with Crippen molar-refractivity contribution in [3.63, 3.8) is 0 Å². The van der Waals surface area contributed by atoms with Crippen LogP contribution in [0.4, 0.5) is 14.6 Å². The highest BCUT2D eigenvalue weighted by molar-refractivity contribution is 5.94. The van der Waals surface area contributed by atoms with Gasteiger partial charge in [0.25, 0.3) is 0 Å². The van der Waals surface area contributed by atoms with Crippen LogP contribution in [0.1, 0.15) is 145 Å². The Balaban J connectivity index is 0.00000204. The molecule has 2 fully saturated rings. The van der Waals surface area contributed by atoms with Crippen molar-refractivity contribution < 1.29 is 13.6 Å². The van der Waals surface area contributed by atoms with E-state index in [4.69, 9.17) is 0 Å². The number of piperidine rings is 1. The minimum atomic E-state index is -0.491. The van der Waals surface area contributed by atoms with Crippen molar-refractivity contribution in [3.8, 4) is 11.1 Å². The number of allylic oxidation sites excluding steroid dienone is 1. The predicted molar refractivity (Wildman–Crippen MR) is 278 cm³/mol. The van der Waals surface area contributed by atoms with E-state index < -0.39 is 11.6 Å². The molecule has 67 heavy (non-hydrogen) atoms. The van der Waals surface area contributed by atoms with E-state index >= 15 is 8.78 Å². The van der Waals surface area contributed by atoms with Gasteiger partial charge in [0, 0.05) is 85.7 Å². The highest BCUT2D eigenvalue weighted by Gasteiger charge is 2.32. The molecule has 3 aromatic carbocycles. The van der Waals surface area contributed by atoms with Gasteiger partial charge in [0.15, 0.2) is 5.82 Å². The predicted octanol–water partition coefficient (Wildman–Crippen LogP) is 12.9. The number of aryl methyl sites for hydroxylation is 3. The highest BCUT2D eigenvalue weighted by Crippen LogP contribution is 2.42. The summed E-state index contributed by atoms with van der Waals surface area (Å²) in [6, 6.07) is 11.9. The van der Waals surface area contributed by atoms with E-state index in [2.05, 4.69) is 80.6 Å². The first-order valence-electron chi connectivity index (χ1n) is 25.6. The van der Waals surface area contributed by atoms with Crippen LogP contribution in [0.3, 0.4) is 0 Å². The smallest absolute Gasteiger partial charge is 0.219 e. The van der Waals surface area contributed by atoms with Crippen LogP contribution in [-0.2, 0) is 17.8 Å². The molecule has 0 bridgehead atoms. The second-order valence-corrected chi connectivity index (χ2v) is 18.1. The topological polar surface area (TPSA) is 67.8 Å². The molecular formula is C57H81F2N7O. The Morgan fingerprint density at radius 2 is 1.58 bits per heavy atom. The molecule has 1 N–H and O–H groups in total. The van der Waals surface area contributed by atoms with E-state index in [1.807, 2.05) is 58.9 Å². The van der Waals surface area contributed by atoms with Crippen LogP contribution in [0.2, 0.25) is 0 Å². The summed E-state index contributed by atoms with van der Waals surface area (Å²) in [4.78, 5) is 30.4. The molecule has 0 aliphatic carbocycles. The number of nitrogens with zero attached hydrogens (tertiary/aromatic N) is 6. The fourth-order valence-electron chi connectivity index (χ4n) is 10.3. The zero-order chi connectivity index (χ0) is 48.6. The number of unbranched alkanes of at least 4 members (excludes halogenated alkanes) is 5. The lowest BCUT2D eigenvalue weighted by Crippen LogP contribution is -2.46. The van der Waals surface area contributed by atoms with Crippen molar-refractivity contribution in [1.29, 1.82) is 0 Å². The molecule has 3 aliphatic heterocycles. The number of fused-ring (bicyclic) bond motifs is 2. The van der Waals surface area contributed by atoms with Gasteiger partial charge in [0.05, 0.1) is 0 Å². The molecule has 0 radical (unpaired) electrons. The third-order valence-corrected chi connectivity index (χ3v) is 14.0. The highest BCUT2D eigenvalue weighted by atomic mass is 19.1. The van der Waals surface area contributed by atoms with E-state index in [-0.39, 0.29) is 23.0 Å². The van der Waals surface area contributed by atoms with Gasteiger partial charge in [-0.15, -0.1) is 6.58 Å². The molecule has 7 rings (SSSR count). The van der Waals surface area contributed by atoms with Crippen LogP contribution in [0, 0.1) is 25.5 Å². The van der Waals surface area contributed by atoms with Gasteiger partial charge in [-0.2, -0.15) is 0 Å². The largest absolute Gasteiger partial charge is 0.372 e. The number of likely N-dealkylation sites (tertiary alicyclic amines) is 1. The summed E-state index contributed by atoms with van der Waals surface area (Å²) in [7, 11) is 1.69. The van der Waals surface area contributed by atoms with Crippen LogP contribution >= 0.6 is 0 Å². The monoisotopic (exact) mass is 918 g/mol. The van der Waals surface area contributed by atoms with Gasteiger partial charge < -0.3 is 24.9 Å². The zero-order valence-electron chi connectivity index (χ0n) is 42.4. The number of halogens is 2. The summed E-state index contributed by atoms with van der Waals surface area (Å²) in [5.41, 5.74) is 10.1. The van der Waals surface area contributed by atoms with Crippen LogP contribution in [-0.4, -0.2) is 89.5 Å². The fourth-order valence-corrected chi connectivity index (χ4v) is 10.3. The number of rotatable bonds is 19. The maximum atomic E-state index is 16.4. The number of anilines is 1. The molecule has 8 nitrogen and oxygen atoms in total. The maximum absolute atomic E-state index is 16.4. The lowest BCUT2D eigenvalue weighted by Gasteiger charge is -2.37. The molecule has 2 saturated heterocycles. The van der Waals surface area contributed by atoms with E-state index in [0.29, 0.717) is 28.9 Å². The van der Waals surface area contributed by atoms with E-state index in [1.165, 1.54) is 73.2 Å². The first-order chi connectivity index (χ1) is 32.5. The van der Waals surface area contributed by atoms with Crippen LogP contribution in [0.15, 0.2) is 74.2 Å². The number of aromatic nitrogens is 2. The number of hydrogen-bond acceptors (Lipinski definition) is 7. The Morgan fingerprint density at radius 1 is 0.896 bits per heavy atom. The van der Waals surface area contributed by atoms with Crippen molar-refractivity contribution in [2.24, 2.45) is 0 Å². The number of carbonyl (C=O) groups excluding carboxylic acids is 1. The van der Waals surface area contributed by atoms with Crippen LogP contribution < -0.4 is 10.2 Å². The normalized spacial score (nSPS) is 15.7. The molecule has 1 amide bonds. The number of benzene rings is 3. The van der Waals surface area contributed by atoms with Crippen molar-refractivity contribution in [1.82, 2.24) is 30.0 Å². The molecule has 1 unspecified atom stereocenters. The lowest BCUT2D eigenvalue weighted by molar-refractivity contribution is -0.120. The van der Waals surface area contributed by atoms with Gasteiger partial charge in [-0.05, 0) is 131 Å². The summed E-state index contributed by atoms with van der Waals surface area (Å²) in [6.45, 7) is 34.4. The summed E-state index contributed by atoms with van der Waals surface area (Å²) in [5.74, 6) is 0.420. The molecule has 4 heterocycles. The fraction of sp³-hybridized carbons (Fsp3) is 0.526. The van der Waals surface area contributed by atoms with Crippen molar-refractivity contribution in [3.05, 3.63) is 119 Å². The quantitative estimate of drug-likeness (QED) is 0.0742. The second kappa shape index (κ2) is 25.9. The van der Waals surface area contributed by atoms with Crippen molar-refractivity contribution >= 4 is 28.3 Å². The average molecular weight is 918 g/mol. The van der Waals surface area contributed by atoms with Gasteiger partial charge in [-0.1, -0.05) is 97.2 Å². The third-order valence-electron chi connectivity index (χ3n) is 14.0. The summed E-state index contributed by atoms with van der Waals surface area (Å²) in [6.07, 6.45) is 15.7. The van der Waals surface area contributed by atoms with E-state index in [1.54, 1.807) is 7.05 Å². The van der Waals surface area contributed by atoms with Crippen molar-refractivity contribution in [2.75, 3.05) is 57.8 Å². The molecule has 4 aromatic rings. The molecule has 1 atom stereocenters. The SMILES string of the molecule is C=CC(CCC(=O)NC)N1Cc2c(cc(C)cc2C2CCN(CCCCCCCCc3ccc(F)c(-c4c(C)cc5c(N6CCN(C(=C)CC)CC6)ncnc5c4F)c3)CC2)C1=C.CC.CC. The Labute approximate surface area is 402 Å². The standard InChI is InChI=1S/C53H69F2N7O.2C2H6/c1-8-38(5)60-26-28-61(29-27-60)53-46-32-37(4)50(51(55)52(46)57-35-58-53)45-33-40(17-19-48(45)54)16-14-12-10-11-13-15-23-59-24-21-41(22-25-59)44-31-36(3)30-43-39(6)62(34-47(43)44)42(9-2)18-20-49(63)56-7;2*1-2/h9,17,19,30-33,35,41-42H,2,5-6,8,10-16,18,20-29,34H2,1,3-4,7H3,(H,56,63);2*1-2H3. The Hall–Kier alpha value is -5.09. The molecule has 1 aromatic heterocycles. The average Bonchev–Trinajstić information content (AvgIpc) is 3.68. The Kier molecular flexibility index (Phi) is 20.4. The molecular weight excluding hydrogens is 837 g/mol. The lowest BCUT2D eigenvalue weighted by atomic mass is 9.84. The molecule has 10 heteroatoms. The number of piperazine rings is 1. The molecule has 0 saturated carbocycles. The number of carbonyl (C=O) groups is 1. The first-order valence-corrected chi connectivity index (χ1v) is 25.6. The Morgan fingerprint density at radius 3 is 2.25 bits per heavy atom. The van der Waals surface area contributed by atoms with Crippen LogP contribution in [0.5, 0.6) is 0 Å².